The first-order valence-electron chi connectivity index (χ1n) is 6.74. The lowest BCUT2D eigenvalue weighted by atomic mass is 10.2. The molecule has 0 aliphatic carbocycles. The van der Waals surface area contributed by atoms with E-state index in [1.54, 1.807) is 20.4 Å². The van der Waals surface area contributed by atoms with Crippen molar-refractivity contribution >= 4 is 17.2 Å². The van der Waals surface area contributed by atoms with Gasteiger partial charge >= 0.3 is 0 Å². The van der Waals surface area contributed by atoms with Gasteiger partial charge in [0.15, 0.2) is 17.3 Å². The van der Waals surface area contributed by atoms with Crippen LogP contribution in [0.1, 0.15) is 31.2 Å². The summed E-state index contributed by atoms with van der Waals surface area (Å²) in [5, 5.41) is 0. The van der Waals surface area contributed by atoms with Crippen molar-refractivity contribution in [2.24, 2.45) is 4.40 Å². The van der Waals surface area contributed by atoms with Gasteiger partial charge in [0.05, 0.1) is 4.90 Å². The summed E-state index contributed by atoms with van der Waals surface area (Å²) in [5.74, 6) is 0. The summed E-state index contributed by atoms with van der Waals surface area (Å²) in [4.78, 5) is 0.741. The molecule has 20 heavy (non-hydrogen) atoms. The van der Waals surface area contributed by atoms with Gasteiger partial charge in [0, 0.05) is 20.4 Å². The fourth-order valence-electron chi connectivity index (χ4n) is 1.71. The fraction of sp³-hybridized carbons (Fsp3) is 0.533. The standard InChI is InChI=1S/C15H23NO3S/c1-13-8-10-14(11-9-13)20(17)16-12-6-4-5-7-15(18-2)19-3/h8-12,15H,4-7H2,1-3H3/b16-12+/t20-/m0/s1. The molecular weight excluding hydrogens is 274 g/mol. The van der Waals surface area contributed by atoms with E-state index in [2.05, 4.69) is 4.40 Å². The Kier molecular flexibility index (Phi) is 8.34. The summed E-state index contributed by atoms with van der Waals surface area (Å²) in [7, 11) is 1.99. The first-order valence-corrected chi connectivity index (χ1v) is 7.84. The molecule has 0 saturated heterocycles. The van der Waals surface area contributed by atoms with Gasteiger partial charge in [-0.2, -0.15) is 4.40 Å². The summed E-state index contributed by atoms with van der Waals surface area (Å²) in [5.41, 5.74) is 1.15. The monoisotopic (exact) mass is 297 g/mol. The number of nitrogens with zero attached hydrogens (tertiary/aromatic N) is 1. The van der Waals surface area contributed by atoms with Gasteiger partial charge in [-0.05, 0) is 44.7 Å². The predicted molar refractivity (Wildman–Crippen MR) is 82.4 cm³/mol. The Morgan fingerprint density at radius 3 is 2.45 bits per heavy atom. The summed E-state index contributed by atoms with van der Waals surface area (Å²) < 4.78 is 26.1. The number of benzene rings is 1. The topological polar surface area (TPSA) is 47.9 Å². The van der Waals surface area contributed by atoms with Crippen LogP contribution < -0.4 is 0 Å². The van der Waals surface area contributed by atoms with Gasteiger partial charge < -0.3 is 9.47 Å². The van der Waals surface area contributed by atoms with Crippen molar-refractivity contribution in [3.63, 3.8) is 0 Å². The second-order valence-corrected chi connectivity index (χ2v) is 5.72. The molecule has 0 aromatic heterocycles. The van der Waals surface area contributed by atoms with Gasteiger partial charge in [-0.15, -0.1) is 0 Å². The van der Waals surface area contributed by atoms with E-state index in [9.17, 15) is 4.21 Å². The zero-order valence-electron chi connectivity index (χ0n) is 12.4. The quantitative estimate of drug-likeness (QED) is 0.399. The Hall–Kier alpha value is -1.04. The van der Waals surface area contributed by atoms with E-state index in [1.165, 1.54) is 0 Å². The SMILES string of the molecule is COC(CCCC/C=N/[S@@](=O)c1ccc(C)cc1)OC. The zero-order valence-corrected chi connectivity index (χ0v) is 13.2. The molecule has 0 saturated carbocycles. The molecule has 1 atom stereocenters. The molecule has 0 aliphatic rings. The molecule has 0 unspecified atom stereocenters. The maximum atomic E-state index is 11.9. The van der Waals surface area contributed by atoms with E-state index in [-0.39, 0.29) is 6.29 Å². The van der Waals surface area contributed by atoms with Gasteiger partial charge in [-0.1, -0.05) is 17.7 Å². The number of rotatable bonds is 9. The number of ether oxygens (including phenoxy) is 2. The molecule has 5 heteroatoms. The van der Waals surface area contributed by atoms with Crippen molar-refractivity contribution in [3.05, 3.63) is 29.8 Å². The molecule has 0 amide bonds. The Labute approximate surface area is 123 Å². The second kappa shape index (κ2) is 9.80. The van der Waals surface area contributed by atoms with Crippen LogP contribution in [-0.2, 0) is 20.5 Å². The van der Waals surface area contributed by atoms with Crippen LogP contribution in [0.5, 0.6) is 0 Å². The van der Waals surface area contributed by atoms with Crippen LogP contribution in [0.2, 0.25) is 0 Å². The summed E-state index contributed by atoms with van der Waals surface area (Å²) in [6, 6.07) is 7.59. The van der Waals surface area contributed by atoms with Crippen LogP contribution in [0, 0.1) is 6.92 Å². The number of unbranched alkanes of at least 4 members (excludes halogenated alkanes) is 2. The lowest BCUT2D eigenvalue weighted by molar-refractivity contribution is -0.107. The van der Waals surface area contributed by atoms with Crippen molar-refractivity contribution in [3.8, 4) is 0 Å². The molecule has 0 heterocycles. The van der Waals surface area contributed by atoms with Gasteiger partial charge in [0.2, 0.25) is 0 Å². The van der Waals surface area contributed by atoms with E-state index in [0.29, 0.717) is 0 Å². The molecule has 0 fully saturated rings. The molecule has 1 aromatic carbocycles. The molecule has 4 nitrogen and oxygen atoms in total. The van der Waals surface area contributed by atoms with E-state index >= 15 is 0 Å². The zero-order chi connectivity index (χ0) is 14.8. The Morgan fingerprint density at radius 1 is 1.20 bits per heavy atom. The molecule has 0 aliphatic heterocycles. The average Bonchev–Trinajstić information content (AvgIpc) is 2.47. The first kappa shape index (κ1) is 17.0. The third-order valence-corrected chi connectivity index (χ3v) is 3.96. The maximum absolute atomic E-state index is 11.9. The van der Waals surface area contributed by atoms with Crippen molar-refractivity contribution in [1.82, 2.24) is 0 Å². The lowest BCUT2D eigenvalue weighted by Crippen LogP contribution is -2.12. The largest absolute Gasteiger partial charge is 0.356 e. The fourth-order valence-corrected chi connectivity index (χ4v) is 2.45. The second-order valence-electron chi connectivity index (χ2n) is 4.54. The molecule has 112 valence electrons. The van der Waals surface area contributed by atoms with Crippen molar-refractivity contribution in [1.29, 1.82) is 0 Å². The molecule has 0 N–H and O–H groups in total. The minimum atomic E-state index is -1.29. The van der Waals surface area contributed by atoms with Gasteiger partial charge in [0.25, 0.3) is 0 Å². The van der Waals surface area contributed by atoms with Crippen LogP contribution in [0.15, 0.2) is 33.6 Å². The van der Waals surface area contributed by atoms with E-state index < -0.39 is 11.0 Å². The Bertz CT molecular complexity index is 427. The highest BCUT2D eigenvalue weighted by molar-refractivity contribution is 7.83. The highest BCUT2D eigenvalue weighted by Crippen LogP contribution is 2.10. The molecule has 0 spiro atoms. The normalized spacial score (nSPS) is 13.2. The van der Waals surface area contributed by atoms with E-state index in [4.69, 9.17) is 9.47 Å². The lowest BCUT2D eigenvalue weighted by Gasteiger charge is -2.11. The highest BCUT2D eigenvalue weighted by Gasteiger charge is 2.03. The first-order chi connectivity index (χ1) is 9.67. The van der Waals surface area contributed by atoms with Gasteiger partial charge in [-0.3, -0.25) is 0 Å². The number of hydrogen-bond donors (Lipinski definition) is 0. The van der Waals surface area contributed by atoms with Crippen LogP contribution in [0.4, 0.5) is 0 Å². The Morgan fingerprint density at radius 2 is 1.85 bits per heavy atom. The smallest absolute Gasteiger partial charge is 0.172 e. The van der Waals surface area contributed by atoms with Gasteiger partial charge in [-0.25, -0.2) is 4.21 Å². The maximum Gasteiger partial charge on any atom is 0.172 e. The summed E-state index contributed by atoms with van der Waals surface area (Å²) in [6.45, 7) is 2.00. The predicted octanol–water partition coefficient (Wildman–Crippen LogP) is 3.27. The van der Waals surface area contributed by atoms with Crippen molar-refractivity contribution < 1.29 is 13.7 Å². The van der Waals surface area contributed by atoms with Crippen LogP contribution >= 0.6 is 0 Å². The third kappa shape index (κ3) is 6.41. The molecular formula is C15H23NO3S. The third-order valence-electron chi connectivity index (χ3n) is 2.94. The summed E-state index contributed by atoms with van der Waals surface area (Å²) >= 11 is 0. The molecule has 1 rings (SSSR count). The van der Waals surface area contributed by atoms with Crippen LogP contribution in [0.3, 0.4) is 0 Å². The molecule has 1 aromatic rings. The van der Waals surface area contributed by atoms with Crippen molar-refractivity contribution in [2.45, 2.75) is 43.8 Å². The molecule has 0 bridgehead atoms. The Balaban J connectivity index is 2.24. The van der Waals surface area contributed by atoms with Crippen LogP contribution in [0.25, 0.3) is 0 Å². The number of methoxy groups -OCH3 is 2. The van der Waals surface area contributed by atoms with Crippen LogP contribution in [-0.4, -0.2) is 30.9 Å². The van der Waals surface area contributed by atoms with Crippen molar-refractivity contribution in [2.75, 3.05) is 14.2 Å². The summed E-state index contributed by atoms with van der Waals surface area (Å²) in [6.07, 6.45) is 5.27. The van der Waals surface area contributed by atoms with Gasteiger partial charge in [0.1, 0.15) is 0 Å². The van der Waals surface area contributed by atoms with E-state index in [1.807, 2.05) is 31.2 Å². The minimum Gasteiger partial charge on any atom is -0.356 e. The molecule has 0 radical (unpaired) electrons. The minimum absolute atomic E-state index is 0.131. The number of hydrogen-bond acceptors (Lipinski definition) is 3. The highest BCUT2D eigenvalue weighted by atomic mass is 32.2. The number of aryl methyl sites for hydroxylation is 1. The van der Waals surface area contributed by atoms with E-state index in [0.717, 1.165) is 36.1 Å². The average molecular weight is 297 g/mol.